The Morgan fingerprint density at radius 2 is 1.65 bits per heavy atom. The predicted molar refractivity (Wildman–Crippen MR) is 108 cm³/mol. The number of methoxy groups -OCH3 is 1. The van der Waals surface area contributed by atoms with Gasteiger partial charge in [0.2, 0.25) is 5.91 Å². The van der Waals surface area contributed by atoms with Crippen LogP contribution in [0.5, 0.6) is 5.75 Å². The zero-order valence-corrected chi connectivity index (χ0v) is 15.8. The number of carbonyl (C=O) groups excluding carboxylic acids is 1. The average molecular weight is 384 g/mol. The number of hydrogen-bond acceptors (Lipinski definition) is 3. The lowest BCUT2D eigenvalue weighted by Gasteiger charge is -2.18. The molecule has 3 nitrogen and oxygen atoms in total. The van der Waals surface area contributed by atoms with Gasteiger partial charge in [-0.1, -0.05) is 60.1 Å². The molecule has 0 saturated heterocycles. The van der Waals surface area contributed by atoms with E-state index in [4.69, 9.17) is 16.3 Å². The first-order chi connectivity index (χ1) is 12.7. The Morgan fingerprint density at radius 1 is 1.00 bits per heavy atom. The van der Waals surface area contributed by atoms with Crippen LogP contribution in [0.4, 0.5) is 5.69 Å². The van der Waals surface area contributed by atoms with E-state index in [1.165, 1.54) is 11.8 Å². The van der Waals surface area contributed by atoms with Crippen molar-refractivity contribution in [3.05, 3.63) is 89.4 Å². The maximum atomic E-state index is 13.1. The van der Waals surface area contributed by atoms with E-state index in [0.717, 1.165) is 10.5 Å². The van der Waals surface area contributed by atoms with Crippen molar-refractivity contribution in [2.45, 2.75) is 10.1 Å². The third-order valence-corrected chi connectivity index (χ3v) is 5.26. The van der Waals surface area contributed by atoms with Gasteiger partial charge in [-0.05, 0) is 35.9 Å². The fourth-order valence-corrected chi connectivity index (χ4v) is 3.73. The highest BCUT2D eigenvalue weighted by Gasteiger charge is 2.23. The highest BCUT2D eigenvalue weighted by Crippen LogP contribution is 2.37. The quantitative estimate of drug-likeness (QED) is 0.545. The van der Waals surface area contributed by atoms with Crippen LogP contribution in [-0.4, -0.2) is 13.0 Å². The molecule has 1 amide bonds. The number of thioether (sulfide) groups is 1. The summed E-state index contributed by atoms with van der Waals surface area (Å²) in [6, 6.07) is 24.7. The summed E-state index contributed by atoms with van der Waals surface area (Å²) in [6.07, 6.45) is 0. The van der Waals surface area contributed by atoms with Gasteiger partial charge < -0.3 is 10.1 Å². The monoisotopic (exact) mass is 383 g/mol. The maximum absolute atomic E-state index is 13.1. The van der Waals surface area contributed by atoms with Gasteiger partial charge >= 0.3 is 0 Å². The van der Waals surface area contributed by atoms with Crippen molar-refractivity contribution in [3.63, 3.8) is 0 Å². The molecule has 0 saturated carbocycles. The minimum absolute atomic E-state index is 0.134. The minimum Gasteiger partial charge on any atom is -0.495 e. The molecule has 26 heavy (non-hydrogen) atoms. The number of benzene rings is 3. The van der Waals surface area contributed by atoms with Gasteiger partial charge in [-0.25, -0.2) is 0 Å². The number of hydrogen-bond donors (Lipinski definition) is 1. The van der Waals surface area contributed by atoms with E-state index >= 15 is 0 Å². The Labute approximate surface area is 162 Å². The highest BCUT2D eigenvalue weighted by atomic mass is 35.5. The van der Waals surface area contributed by atoms with Crippen LogP contribution in [0.1, 0.15) is 10.8 Å². The van der Waals surface area contributed by atoms with Crippen LogP contribution < -0.4 is 10.1 Å². The second-order valence-electron chi connectivity index (χ2n) is 5.56. The summed E-state index contributed by atoms with van der Waals surface area (Å²) in [5, 5.41) is 3.09. The molecule has 0 aliphatic rings. The fourth-order valence-electron chi connectivity index (χ4n) is 2.51. The Balaban J connectivity index is 1.89. The smallest absolute Gasteiger partial charge is 0.242 e. The summed E-state index contributed by atoms with van der Waals surface area (Å²) in [4.78, 5) is 14.1. The lowest BCUT2D eigenvalue weighted by atomic mass is 10.1. The third kappa shape index (κ3) is 4.59. The molecule has 3 aromatic carbocycles. The molecule has 0 fully saturated rings. The lowest BCUT2D eigenvalue weighted by molar-refractivity contribution is -0.115. The molecule has 0 heterocycles. The van der Waals surface area contributed by atoms with Crippen molar-refractivity contribution in [3.8, 4) is 5.75 Å². The molecule has 0 bridgehead atoms. The third-order valence-electron chi connectivity index (χ3n) is 3.76. The number of nitrogens with one attached hydrogen (secondary N) is 1. The summed E-state index contributed by atoms with van der Waals surface area (Å²) in [6.45, 7) is 0. The van der Waals surface area contributed by atoms with Gasteiger partial charge in [-0.15, -0.1) is 11.8 Å². The molecule has 3 rings (SSSR count). The van der Waals surface area contributed by atoms with Crippen LogP contribution in [0.2, 0.25) is 5.02 Å². The largest absolute Gasteiger partial charge is 0.495 e. The van der Waals surface area contributed by atoms with Crippen molar-refractivity contribution in [2.75, 3.05) is 12.4 Å². The Kier molecular flexibility index (Phi) is 6.21. The first-order valence-corrected chi connectivity index (χ1v) is 9.34. The van der Waals surface area contributed by atoms with Crippen LogP contribution in [0.3, 0.4) is 0 Å². The van der Waals surface area contributed by atoms with E-state index in [2.05, 4.69) is 5.32 Å². The second kappa shape index (κ2) is 8.79. The van der Waals surface area contributed by atoms with E-state index in [1.54, 1.807) is 25.3 Å². The van der Waals surface area contributed by atoms with Gasteiger partial charge in [-0.2, -0.15) is 0 Å². The number of anilines is 1. The summed E-state index contributed by atoms with van der Waals surface area (Å²) in [5.41, 5.74) is 1.49. The Hall–Kier alpha value is -2.43. The Bertz CT molecular complexity index is 872. The molecular formula is C21H18ClNO2S. The summed E-state index contributed by atoms with van der Waals surface area (Å²) >= 11 is 7.57. The molecule has 132 valence electrons. The van der Waals surface area contributed by atoms with Crippen LogP contribution in [0, 0.1) is 0 Å². The zero-order valence-electron chi connectivity index (χ0n) is 14.2. The predicted octanol–water partition coefficient (Wildman–Crippen LogP) is 5.82. The summed E-state index contributed by atoms with van der Waals surface area (Å²) < 4.78 is 5.32. The summed E-state index contributed by atoms with van der Waals surface area (Å²) in [5.74, 6) is 0.435. The van der Waals surface area contributed by atoms with Gasteiger partial charge in [-0.3, -0.25) is 4.79 Å². The molecule has 1 N–H and O–H groups in total. The molecule has 1 unspecified atom stereocenters. The number of ether oxygens (including phenoxy) is 1. The molecular weight excluding hydrogens is 366 g/mol. The van der Waals surface area contributed by atoms with Gasteiger partial charge in [0.15, 0.2) is 0 Å². The van der Waals surface area contributed by atoms with Crippen molar-refractivity contribution in [1.82, 2.24) is 0 Å². The van der Waals surface area contributed by atoms with Gasteiger partial charge in [0, 0.05) is 9.92 Å². The van der Waals surface area contributed by atoms with E-state index in [9.17, 15) is 4.79 Å². The highest BCUT2D eigenvalue weighted by molar-refractivity contribution is 8.00. The molecule has 3 aromatic rings. The van der Waals surface area contributed by atoms with Crippen LogP contribution in [0.15, 0.2) is 83.8 Å². The zero-order chi connectivity index (χ0) is 18.4. The molecule has 0 aliphatic carbocycles. The summed E-state index contributed by atoms with van der Waals surface area (Å²) in [7, 11) is 1.56. The fraction of sp³-hybridized carbons (Fsp3) is 0.0952. The van der Waals surface area contributed by atoms with Crippen LogP contribution in [-0.2, 0) is 4.79 Å². The first-order valence-electron chi connectivity index (χ1n) is 8.08. The normalized spacial score (nSPS) is 11.6. The van der Waals surface area contributed by atoms with Crippen LogP contribution >= 0.6 is 23.4 Å². The molecule has 0 spiro atoms. The maximum Gasteiger partial charge on any atom is 0.242 e. The van der Waals surface area contributed by atoms with E-state index in [1.807, 2.05) is 60.7 Å². The van der Waals surface area contributed by atoms with E-state index < -0.39 is 5.25 Å². The number of carbonyl (C=O) groups is 1. The van der Waals surface area contributed by atoms with Crippen molar-refractivity contribution < 1.29 is 9.53 Å². The standard InChI is InChI=1S/C21H18ClNO2S/c1-25-19-13-12-16(22)14-18(19)23-21(24)20(15-8-4-2-5-9-15)26-17-10-6-3-7-11-17/h2-14,20H,1H3,(H,23,24). The van der Waals surface area contributed by atoms with Crippen molar-refractivity contribution in [2.24, 2.45) is 0 Å². The lowest BCUT2D eigenvalue weighted by Crippen LogP contribution is -2.19. The Morgan fingerprint density at radius 3 is 2.31 bits per heavy atom. The van der Waals surface area contributed by atoms with Crippen molar-refractivity contribution in [1.29, 1.82) is 0 Å². The van der Waals surface area contributed by atoms with E-state index in [-0.39, 0.29) is 5.91 Å². The van der Waals surface area contributed by atoms with Gasteiger partial charge in [0.1, 0.15) is 11.0 Å². The first kappa shape index (κ1) is 18.4. The average Bonchev–Trinajstić information content (AvgIpc) is 2.68. The molecule has 1 atom stereocenters. The molecule has 0 aromatic heterocycles. The van der Waals surface area contributed by atoms with Gasteiger partial charge in [0.05, 0.1) is 12.8 Å². The van der Waals surface area contributed by atoms with E-state index in [0.29, 0.717) is 16.5 Å². The molecule has 5 heteroatoms. The van der Waals surface area contributed by atoms with Gasteiger partial charge in [0.25, 0.3) is 0 Å². The SMILES string of the molecule is COc1ccc(Cl)cc1NC(=O)C(Sc1ccccc1)c1ccccc1. The molecule has 0 radical (unpaired) electrons. The second-order valence-corrected chi connectivity index (χ2v) is 7.17. The van der Waals surface area contributed by atoms with Crippen LogP contribution in [0.25, 0.3) is 0 Å². The molecule has 0 aliphatic heterocycles. The number of halogens is 1. The van der Waals surface area contributed by atoms with Crippen molar-refractivity contribution >= 4 is 35.0 Å². The topological polar surface area (TPSA) is 38.3 Å². The number of amides is 1. The minimum atomic E-state index is -0.401. The number of rotatable bonds is 6.